The van der Waals surface area contributed by atoms with Crippen LogP contribution in [0.2, 0.25) is 4.34 Å². The van der Waals surface area contributed by atoms with Crippen LogP contribution >= 0.6 is 35.3 Å². The monoisotopic (exact) mass is 463 g/mol. The lowest BCUT2D eigenvalue weighted by molar-refractivity contribution is 0.103. The van der Waals surface area contributed by atoms with E-state index in [-0.39, 0.29) is 29.8 Å². The number of aromatic amines is 1. The number of carbonyl (C=O) groups is 1. The van der Waals surface area contributed by atoms with Gasteiger partial charge in [0.15, 0.2) is 0 Å². The molecular formula is C20H19Cl2N5O2S. The molecule has 7 nitrogen and oxygen atoms in total. The third-order valence-corrected chi connectivity index (χ3v) is 6.50. The largest absolute Gasteiger partial charge is 0.321 e. The molecule has 0 radical (unpaired) electrons. The van der Waals surface area contributed by atoms with Crippen molar-refractivity contribution in [3.05, 3.63) is 61.7 Å². The van der Waals surface area contributed by atoms with Gasteiger partial charge in [-0.05, 0) is 50.2 Å². The Hall–Kier alpha value is -2.39. The maximum atomic E-state index is 12.6. The van der Waals surface area contributed by atoms with E-state index in [4.69, 9.17) is 16.7 Å². The molecule has 1 fully saturated rings. The third kappa shape index (κ3) is 3.72. The Kier molecular flexibility index (Phi) is 5.84. The molecule has 3 N–H and O–H groups in total. The van der Waals surface area contributed by atoms with Gasteiger partial charge in [-0.15, -0.1) is 23.7 Å². The Labute approximate surface area is 186 Å². The van der Waals surface area contributed by atoms with E-state index in [1.54, 1.807) is 18.2 Å². The molecule has 0 saturated carbocycles. The molecule has 30 heavy (non-hydrogen) atoms. The Morgan fingerprint density at radius 1 is 1.23 bits per heavy atom. The average molecular weight is 464 g/mol. The number of hydrogen-bond donors (Lipinski definition) is 3. The number of fused-ring (bicyclic) bond motifs is 3. The fraction of sp³-hybridized carbons (Fsp3) is 0.250. The molecule has 0 aliphatic carbocycles. The van der Waals surface area contributed by atoms with Crippen LogP contribution in [0.25, 0.3) is 16.6 Å². The summed E-state index contributed by atoms with van der Waals surface area (Å²) in [6.45, 7) is 1.84. The molecule has 1 aliphatic heterocycles. The number of carbonyl (C=O) groups excluding carboxylic acids is 1. The topological polar surface area (TPSA) is 91.3 Å². The first-order valence-electron chi connectivity index (χ1n) is 9.42. The summed E-state index contributed by atoms with van der Waals surface area (Å²) in [6.07, 6.45) is 1.91. The van der Waals surface area contributed by atoms with Crippen LogP contribution in [0.4, 0.5) is 5.69 Å². The summed E-state index contributed by atoms with van der Waals surface area (Å²) in [6, 6.07) is 10.6. The lowest BCUT2D eigenvalue weighted by Gasteiger charge is -2.23. The van der Waals surface area contributed by atoms with E-state index in [1.165, 1.54) is 11.3 Å². The maximum absolute atomic E-state index is 12.6. The Bertz CT molecular complexity index is 1290. The van der Waals surface area contributed by atoms with E-state index in [2.05, 4.69) is 15.6 Å². The van der Waals surface area contributed by atoms with E-state index < -0.39 is 0 Å². The van der Waals surface area contributed by atoms with Crippen LogP contribution in [0.1, 0.15) is 34.1 Å². The van der Waals surface area contributed by atoms with Crippen molar-refractivity contribution < 1.29 is 4.79 Å². The van der Waals surface area contributed by atoms with Gasteiger partial charge in [0.05, 0.1) is 31.5 Å². The number of benzene rings is 1. The molecule has 0 spiro atoms. The number of hydrogen-bond acceptors (Lipinski definition) is 5. The Morgan fingerprint density at radius 3 is 2.77 bits per heavy atom. The van der Waals surface area contributed by atoms with Gasteiger partial charge in [0, 0.05) is 12.0 Å². The minimum Gasteiger partial charge on any atom is -0.321 e. The van der Waals surface area contributed by atoms with Crippen LogP contribution in [0.15, 0.2) is 41.2 Å². The number of halogens is 2. The first-order valence-corrected chi connectivity index (χ1v) is 10.6. The highest BCUT2D eigenvalue weighted by Gasteiger charge is 2.22. The van der Waals surface area contributed by atoms with Crippen molar-refractivity contribution >= 4 is 63.5 Å². The highest BCUT2D eigenvalue weighted by molar-refractivity contribution is 7.18. The highest BCUT2D eigenvalue weighted by atomic mass is 35.5. The van der Waals surface area contributed by atoms with E-state index in [9.17, 15) is 9.59 Å². The van der Waals surface area contributed by atoms with Gasteiger partial charge in [-0.3, -0.25) is 9.59 Å². The number of nitrogens with one attached hydrogen (secondary N) is 3. The molecule has 5 rings (SSSR count). The first kappa shape index (κ1) is 20.9. The second-order valence-corrected chi connectivity index (χ2v) is 8.82. The van der Waals surface area contributed by atoms with Gasteiger partial charge in [-0.2, -0.15) is 5.10 Å². The van der Waals surface area contributed by atoms with Crippen LogP contribution in [0, 0.1) is 0 Å². The number of piperidine rings is 1. The second-order valence-electron chi connectivity index (χ2n) is 7.10. The number of anilines is 1. The summed E-state index contributed by atoms with van der Waals surface area (Å²) in [4.78, 5) is 28.5. The number of rotatable bonds is 3. The van der Waals surface area contributed by atoms with Crippen molar-refractivity contribution in [3.63, 3.8) is 0 Å². The molecule has 4 heterocycles. The van der Waals surface area contributed by atoms with Gasteiger partial charge < -0.3 is 15.6 Å². The van der Waals surface area contributed by atoms with Crippen LogP contribution in [-0.4, -0.2) is 33.6 Å². The van der Waals surface area contributed by atoms with Crippen molar-refractivity contribution in [3.8, 4) is 0 Å². The van der Waals surface area contributed by atoms with E-state index in [0.717, 1.165) is 37.0 Å². The highest BCUT2D eigenvalue weighted by Crippen LogP contribution is 2.31. The van der Waals surface area contributed by atoms with Gasteiger partial charge in [0.25, 0.3) is 11.5 Å². The van der Waals surface area contributed by atoms with Gasteiger partial charge in [-0.1, -0.05) is 17.7 Å². The molecule has 0 atom stereocenters. The fourth-order valence-electron chi connectivity index (χ4n) is 3.92. The van der Waals surface area contributed by atoms with E-state index >= 15 is 0 Å². The van der Waals surface area contributed by atoms with Crippen molar-refractivity contribution in [2.24, 2.45) is 0 Å². The molecule has 1 saturated heterocycles. The lowest BCUT2D eigenvalue weighted by atomic mass is 9.94. The summed E-state index contributed by atoms with van der Waals surface area (Å²) in [5.74, 6) is 0.0206. The van der Waals surface area contributed by atoms with E-state index in [1.807, 2.05) is 22.7 Å². The van der Waals surface area contributed by atoms with Crippen molar-refractivity contribution in [1.29, 1.82) is 0 Å². The number of thiophene rings is 1. The molecule has 156 valence electrons. The molecular weight excluding hydrogens is 445 g/mol. The second kappa shape index (κ2) is 8.39. The molecule has 1 aromatic carbocycles. The first-order chi connectivity index (χ1) is 14.1. The normalized spacial score (nSPS) is 14.7. The Balaban J connectivity index is 0.00000218. The summed E-state index contributed by atoms with van der Waals surface area (Å²) in [5, 5.41) is 11.7. The molecule has 10 heteroatoms. The number of H-pyrrole nitrogens is 1. The summed E-state index contributed by atoms with van der Waals surface area (Å²) in [7, 11) is 0. The minimum absolute atomic E-state index is 0. The Morgan fingerprint density at radius 2 is 2.03 bits per heavy atom. The zero-order valence-corrected chi connectivity index (χ0v) is 18.2. The third-order valence-electron chi connectivity index (χ3n) is 5.27. The van der Waals surface area contributed by atoms with Gasteiger partial charge >= 0.3 is 0 Å². The number of nitrogens with zero attached hydrogens (tertiary/aromatic N) is 2. The predicted octanol–water partition coefficient (Wildman–Crippen LogP) is 4.03. The van der Waals surface area contributed by atoms with Crippen molar-refractivity contribution in [2.75, 3.05) is 18.4 Å². The minimum atomic E-state index is -0.245. The van der Waals surface area contributed by atoms with E-state index in [0.29, 0.717) is 26.1 Å². The number of aromatic nitrogens is 3. The molecule has 0 bridgehead atoms. The quantitative estimate of drug-likeness (QED) is 0.427. The smallest absolute Gasteiger partial charge is 0.265 e. The summed E-state index contributed by atoms with van der Waals surface area (Å²) < 4.78 is 2.37. The molecule has 1 amide bonds. The van der Waals surface area contributed by atoms with Crippen LogP contribution in [-0.2, 0) is 0 Å². The van der Waals surface area contributed by atoms with Crippen molar-refractivity contribution in [1.82, 2.24) is 19.9 Å². The van der Waals surface area contributed by atoms with Crippen LogP contribution < -0.4 is 16.2 Å². The average Bonchev–Trinajstić information content (AvgIpc) is 3.32. The number of amides is 1. The molecule has 0 unspecified atom stereocenters. The summed E-state index contributed by atoms with van der Waals surface area (Å²) in [5.41, 5.74) is 2.65. The predicted molar refractivity (Wildman–Crippen MR) is 123 cm³/mol. The SMILES string of the molecule is Cl.O=C(Nc1cccc2nn3c(C4CCNCC4)cc(=O)[nH]c3c12)c1ccc(Cl)s1. The zero-order chi connectivity index (χ0) is 20.0. The van der Waals surface area contributed by atoms with Crippen LogP contribution in [0.3, 0.4) is 0 Å². The standard InChI is InChI=1S/C20H18ClN5O2S.ClH/c21-16-5-4-15(29-16)20(28)23-12-2-1-3-13-18(12)19-24-17(27)10-14(26(19)25-13)11-6-8-22-9-7-11;/h1-5,10-11,22H,6-9H2,(H,23,28)(H,24,27);1H. The lowest BCUT2D eigenvalue weighted by Crippen LogP contribution is -2.28. The fourth-order valence-corrected chi connectivity index (χ4v) is 4.86. The van der Waals surface area contributed by atoms with Gasteiger partial charge in [0.2, 0.25) is 0 Å². The van der Waals surface area contributed by atoms with Crippen LogP contribution in [0.5, 0.6) is 0 Å². The molecule has 3 aromatic heterocycles. The zero-order valence-electron chi connectivity index (χ0n) is 15.8. The van der Waals surface area contributed by atoms with Gasteiger partial charge in [-0.25, -0.2) is 4.52 Å². The maximum Gasteiger partial charge on any atom is 0.265 e. The molecule has 4 aromatic rings. The van der Waals surface area contributed by atoms with Gasteiger partial charge in [0.1, 0.15) is 5.65 Å². The summed E-state index contributed by atoms with van der Waals surface area (Å²) >= 11 is 7.17. The van der Waals surface area contributed by atoms with Crippen molar-refractivity contribution in [2.45, 2.75) is 18.8 Å². The molecule has 1 aliphatic rings.